The Morgan fingerprint density at radius 2 is 1.79 bits per heavy atom. The molecule has 1 aromatic carbocycles. The molecule has 0 amide bonds. The fraction of sp³-hybridized carbons (Fsp3) is 0.500. The molecule has 0 saturated heterocycles. The average molecular weight is 324 g/mol. The zero-order valence-electron chi connectivity index (χ0n) is 15.0. The van der Waals surface area contributed by atoms with E-state index in [0.717, 1.165) is 11.5 Å². The van der Waals surface area contributed by atoms with Gasteiger partial charge in [-0.05, 0) is 32.3 Å². The van der Waals surface area contributed by atoms with Crippen molar-refractivity contribution in [2.24, 2.45) is 0 Å². The van der Waals surface area contributed by atoms with Gasteiger partial charge in [-0.25, -0.2) is 4.98 Å². The van der Waals surface area contributed by atoms with E-state index in [2.05, 4.69) is 59.5 Å². The van der Waals surface area contributed by atoms with E-state index in [9.17, 15) is 0 Å². The number of anilines is 2. The maximum Gasteiger partial charge on any atom is 0.225 e. The van der Waals surface area contributed by atoms with Crippen LogP contribution in [0.5, 0.6) is 0 Å². The van der Waals surface area contributed by atoms with Gasteiger partial charge < -0.3 is 10.2 Å². The predicted octanol–water partition coefficient (Wildman–Crippen LogP) is 4.73. The molecule has 3 rings (SSSR count). The molecule has 1 aliphatic carbocycles. The quantitative estimate of drug-likeness (QED) is 0.863. The Labute approximate surface area is 145 Å². The summed E-state index contributed by atoms with van der Waals surface area (Å²) in [6, 6.07) is 13.3. The smallest absolute Gasteiger partial charge is 0.225 e. The molecular formula is C20H28N4. The third kappa shape index (κ3) is 4.05. The molecule has 1 heterocycles. The fourth-order valence-electron chi connectivity index (χ4n) is 3.47. The molecule has 0 aliphatic heterocycles. The van der Waals surface area contributed by atoms with E-state index in [1.165, 1.54) is 37.7 Å². The van der Waals surface area contributed by atoms with Crippen molar-refractivity contribution in [3.63, 3.8) is 0 Å². The second-order valence-electron chi connectivity index (χ2n) is 6.87. The molecule has 128 valence electrons. The highest BCUT2D eigenvalue weighted by molar-refractivity contribution is 5.46. The first-order valence-electron chi connectivity index (χ1n) is 9.03. The molecule has 1 aromatic heterocycles. The van der Waals surface area contributed by atoms with Crippen molar-refractivity contribution in [2.75, 3.05) is 17.3 Å². The highest BCUT2D eigenvalue weighted by Gasteiger charge is 2.20. The molecular weight excluding hydrogens is 296 g/mol. The molecule has 1 saturated carbocycles. The number of benzene rings is 1. The Morgan fingerprint density at radius 3 is 2.50 bits per heavy atom. The summed E-state index contributed by atoms with van der Waals surface area (Å²) in [7, 11) is 2.17. The first-order valence-corrected chi connectivity index (χ1v) is 9.03. The highest BCUT2D eigenvalue weighted by Crippen LogP contribution is 2.26. The maximum atomic E-state index is 4.78. The number of hydrogen-bond acceptors (Lipinski definition) is 4. The molecule has 0 unspecified atom stereocenters. The number of aromatic nitrogens is 2. The van der Waals surface area contributed by atoms with Gasteiger partial charge in [0, 0.05) is 24.8 Å². The normalized spacial score (nSPS) is 16.6. The largest absolute Gasteiger partial charge is 0.357 e. The minimum atomic E-state index is 0.181. The van der Waals surface area contributed by atoms with Crippen molar-refractivity contribution in [2.45, 2.75) is 58.0 Å². The summed E-state index contributed by atoms with van der Waals surface area (Å²) in [6.45, 7) is 4.18. The SMILES string of the molecule is Cc1cc(N(C)C2CCCCC2)nc(N[C@@H](C)c2ccccc2)n1. The van der Waals surface area contributed by atoms with Gasteiger partial charge in [-0.15, -0.1) is 0 Å². The zero-order valence-corrected chi connectivity index (χ0v) is 15.0. The van der Waals surface area contributed by atoms with Crippen LogP contribution in [0.3, 0.4) is 0 Å². The van der Waals surface area contributed by atoms with Crippen LogP contribution in [-0.4, -0.2) is 23.1 Å². The van der Waals surface area contributed by atoms with Gasteiger partial charge in [-0.2, -0.15) is 4.98 Å². The number of hydrogen-bond donors (Lipinski definition) is 1. The molecule has 1 N–H and O–H groups in total. The second kappa shape index (κ2) is 7.65. The molecule has 0 bridgehead atoms. The highest BCUT2D eigenvalue weighted by atomic mass is 15.2. The Morgan fingerprint density at radius 1 is 1.08 bits per heavy atom. The van der Waals surface area contributed by atoms with Crippen molar-refractivity contribution < 1.29 is 0 Å². The molecule has 0 radical (unpaired) electrons. The molecule has 24 heavy (non-hydrogen) atoms. The third-order valence-corrected chi connectivity index (χ3v) is 4.97. The van der Waals surface area contributed by atoms with E-state index in [1.807, 2.05) is 13.0 Å². The van der Waals surface area contributed by atoms with Gasteiger partial charge in [0.2, 0.25) is 5.95 Å². The lowest BCUT2D eigenvalue weighted by Gasteiger charge is -2.32. The minimum absolute atomic E-state index is 0.181. The summed E-state index contributed by atoms with van der Waals surface area (Å²) in [4.78, 5) is 11.7. The molecule has 4 nitrogen and oxygen atoms in total. The van der Waals surface area contributed by atoms with E-state index in [1.54, 1.807) is 0 Å². The summed E-state index contributed by atoms with van der Waals surface area (Å²) >= 11 is 0. The van der Waals surface area contributed by atoms with Crippen LogP contribution >= 0.6 is 0 Å². The summed E-state index contributed by atoms with van der Waals surface area (Å²) < 4.78 is 0. The van der Waals surface area contributed by atoms with Gasteiger partial charge in [0.25, 0.3) is 0 Å². The molecule has 0 spiro atoms. The zero-order chi connectivity index (χ0) is 16.9. The van der Waals surface area contributed by atoms with Gasteiger partial charge in [-0.3, -0.25) is 0 Å². The van der Waals surface area contributed by atoms with Crippen LogP contribution in [0.25, 0.3) is 0 Å². The van der Waals surface area contributed by atoms with Crippen LogP contribution in [0.1, 0.15) is 56.3 Å². The van der Waals surface area contributed by atoms with Gasteiger partial charge in [0.15, 0.2) is 0 Å². The lowest BCUT2D eigenvalue weighted by Crippen LogP contribution is -2.34. The van der Waals surface area contributed by atoms with Crippen molar-refractivity contribution in [1.29, 1.82) is 0 Å². The van der Waals surface area contributed by atoms with Crippen LogP contribution in [-0.2, 0) is 0 Å². The standard InChI is InChI=1S/C20H28N4/c1-15-14-19(24(3)18-12-8-5-9-13-18)23-20(21-15)22-16(2)17-10-6-4-7-11-17/h4,6-7,10-11,14,16,18H,5,8-9,12-13H2,1-3H3,(H,21,22,23)/t16-/m0/s1. The lowest BCUT2D eigenvalue weighted by atomic mass is 9.94. The predicted molar refractivity (Wildman–Crippen MR) is 101 cm³/mol. The number of rotatable bonds is 5. The minimum Gasteiger partial charge on any atom is -0.357 e. The monoisotopic (exact) mass is 324 g/mol. The second-order valence-corrected chi connectivity index (χ2v) is 6.87. The average Bonchev–Trinajstić information content (AvgIpc) is 2.62. The van der Waals surface area contributed by atoms with E-state index < -0.39 is 0 Å². The van der Waals surface area contributed by atoms with Crippen LogP contribution < -0.4 is 10.2 Å². The number of nitrogens with zero attached hydrogens (tertiary/aromatic N) is 3. The first-order chi connectivity index (χ1) is 11.6. The lowest BCUT2D eigenvalue weighted by molar-refractivity contribution is 0.426. The summed E-state index contributed by atoms with van der Waals surface area (Å²) in [5, 5.41) is 3.45. The van der Waals surface area contributed by atoms with Gasteiger partial charge in [0.1, 0.15) is 5.82 Å². The molecule has 4 heteroatoms. The van der Waals surface area contributed by atoms with Crippen molar-refractivity contribution in [3.05, 3.63) is 47.7 Å². The topological polar surface area (TPSA) is 41.1 Å². The summed E-state index contributed by atoms with van der Waals surface area (Å²) in [6.07, 6.45) is 6.56. The van der Waals surface area contributed by atoms with Crippen LogP contribution in [0, 0.1) is 6.92 Å². The Bertz CT molecular complexity index is 650. The van der Waals surface area contributed by atoms with Crippen LogP contribution in [0.15, 0.2) is 36.4 Å². The van der Waals surface area contributed by atoms with Crippen molar-refractivity contribution >= 4 is 11.8 Å². The Kier molecular flexibility index (Phi) is 5.34. The van der Waals surface area contributed by atoms with E-state index >= 15 is 0 Å². The molecule has 2 aromatic rings. The van der Waals surface area contributed by atoms with Gasteiger partial charge in [0.05, 0.1) is 6.04 Å². The van der Waals surface area contributed by atoms with E-state index in [4.69, 9.17) is 4.98 Å². The molecule has 1 fully saturated rings. The first kappa shape index (κ1) is 16.7. The van der Waals surface area contributed by atoms with Crippen LogP contribution in [0.4, 0.5) is 11.8 Å². The number of aryl methyl sites for hydroxylation is 1. The van der Waals surface area contributed by atoms with Crippen molar-refractivity contribution in [3.8, 4) is 0 Å². The molecule has 1 atom stereocenters. The molecule has 1 aliphatic rings. The van der Waals surface area contributed by atoms with Crippen LogP contribution in [0.2, 0.25) is 0 Å². The summed E-state index contributed by atoms with van der Waals surface area (Å²) in [5.41, 5.74) is 2.25. The Hall–Kier alpha value is -2.10. The Balaban J connectivity index is 1.76. The fourth-order valence-corrected chi connectivity index (χ4v) is 3.47. The van der Waals surface area contributed by atoms with Gasteiger partial charge >= 0.3 is 0 Å². The third-order valence-electron chi connectivity index (χ3n) is 4.97. The van der Waals surface area contributed by atoms with Gasteiger partial charge in [-0.1, -0.05) is 49.6 Å². The van der Waals surface area contributed by atoms with Crippen molar-refractivity contribution in [1.82, 2.24) is 9.97 Å². The number of nitrogens with one attached hydrogen (secondary N) is 1. The van der Waals surface area contributed by atoms with E-state index in [-0.39, 0.29) is 6.04 Å². The van der Waals surface area contributed by atoms with E-state index in [0.29, 0.717) is 12.0 Å². The maximum absolute atomic E-state index is 4.78. The summed E-state index contributed by atoms with van der Waals surface area (Å²) in [5.74, 6) is 1.74.